The Morgan fingerprint density at radius 3 is 2.64 bits per heavy atom. The first kappa shape index (κ1) is 18.0. The minimum atomic E-state index is -0.770. The highest BCUT2D eigenvalue weighted by atomic mass is 16.5. The highest BCUT2D eigenvalue weighted by molar-refractivity contribution is 6.00. The van der Waals surface area contributed by atoms with Gasteiger partial charge in [0.1, 0.15) is 5.75 Å². The normalized spacial score (nSPS) is 11.9. The van der Waals surface area contributed by atoms with Crippen molar-refractivity contribution in [2.45, 2.75) is 38.6 Å². The molecule has 0 spiro atoms. The quantitative estimate of drug-likeness (QED) is 0.347. The number of aliphatic carboxylic acids is 1. The molecule has 1 aromatic rings. The number of carbonyl (C=O) groups is 2. The number of nitrogen functional groups attached to an aromatic ring is 1. The number of ether oxygens (including phenoxy) is 1. The molecule has 1 rings (SSSR count). The summed E-state index contributed by atoms with van der Waals surface area (Å²) in [6.45, 7) is 2.48. The Morgan fingerprint density at radius 2 is 2.05 bits per heavy atom. The Labute approximate surface area is 130 Å². The Balaban J connectivity index is 2.38. The van der Waals surface area contributed by atoms with Crippen molar-refractivity contribution in [3.05, 3.63) is 23.8 Å². The Morgan fingerprint density at radius 1 is 1.32 bits per heavy atom. The second-order valence-electron chi connectivity index (χ2n) is 5.20. The molecule has 1 atom stereocenters. The summed E-state index contributed by atoms with van der Waals surface area (Å²) in [4.78, 5) is 22.6. The topological polar surface area (TPSA) is 102 Å². The number of methoxy groups -OCH3 is 1. The molecule has 6 nitrogen and oxygen atoms in total. The number of anilines is 1. The maximum atomic E-state index is 12.3. The summed E-state index contributed by atoms with van der Waals surface area (Å²) in [6.07, 6.45) is 2.53. The average molecular weight is 308 g/mol. The van der Waals surface area contributed by atoms with Gasteiger partial charge in [0.2, 0.25) is 0 Å². The molecule has 0 fully saturated rings. The number of carboxylic acid groups (broad SMARTS) is 1. The number of hydrogen-bond acceptors (Lipinski definition) is 5. The Kier molecular flexibility index (Phi) is 7.39. The van der Waals surface area contributed by atoms with Crippen molar-refractivity contribution in [3.63, 3.8) is 0 Å². The van der Waals surface area contributed by atoms with E-state index in [1.165, 1.54) is 7.11 Å². The molecule has 0 heterocycles. The predicted molar refractivity (Wildman–Crippen MR) is 85.3 cm³/mol. The van der Waals surface area contributed by atoms with Gasteiger partial charge in [0.05, 0.1) is 18.8 Å². The SMILES string of the molecule is COc1ccc(C(=O)C(C)NCCCCCC(=O)O)cc1N. The van der Waals surface area contributed by atoms with Crippen molar-refractivity contribution in [1.29, 1.82) is 0 Å². The first-order valence-corrected chi connectivity index (χ1v) is 7.38. The van der Waals surface area contributed by atoms with Crippen molar-refractivity contribution in [3.8, 4) is 5.75 Å². The molecule has 1 aromatic carbocycles. The molecular weight excluding hydrogens is 284 g/mol. The van der Waals surface area contributed by atoms with Crippen LogP contribution in [0.3, 0.4) is 0 Å². The molecule has 0 amide bonds. The van der Waals surface area contributed by atoms with Gasteiger partial charge >= 0.3 is 5.97 Å². The van der Waals surface area contributed by atoms with Crippen LogP contribution in [0, 0.1) is 0 Å². The van der Waals surface area contributed by atoms with E-state index in [0.717, 1.165) is 12.8 Å². The van der Waals surface area contributed by atoms with Gasteiger partial charge in [-0.1, -0.05) is 6.42 Å². The van der Waals surface area contributed by atoms with E-state index in [1.54, 1.807) is 25.1 Å². The second kappa shape index (κ2) is 9.04. The molecule has 0 aliphatic heterocycles. The fraction of sp³-hybridized carbons (Fsp3) is 0.500. The highest BCUT2D eigenvalue weighted by Crippen LogP contribution is 2.22. The maximum absolute atomic E-state index is 12.3. The monoisotopic (exact) mass is 308 g/mol. The van der Waals surface area contributed by atoms with E-state index in [0.29, 0.717) is 30.0 Å². The summed E-state index contributed by atoms with van der Waals surface area (Å²) in [5.74, 6) is -0.246. The fourth-order valence-electron chi connectivity index (χ4n) is 2.13. The van der Waals surface area contributed by atoms with E-state index in [-0.39, 0.29) is 18.2 Å². The summed E-state index contributed by atoms with van der Waals surface area (Å²) in [5.41, 5.74) is 6.79. The predicted octanol–water partition coefficient (Wildman–Crippen LogP) is 2.08. The molecule has 0 radical (unpaired) electrons. The minimum Gasteiger partial charge on any atom is -0.495 e. The van der Waals surface area contributed by atoms with Crippen LogP contribution in [0.1, 0.15) is 43.0 Å². The van der Waals surface area contributed by atoms with E-state index in [2.05, 4.69) is 5.32 Å². The summed E-state index contributed by atoms with van der Waals surface area (Å²) >= 11 is 0. The number of nitrogens with one attached hydrogen (secondary N) is 1. The van der Waals surface area contributed by atoms with Gasteiger partial charge in [0, 0.05) is 12.0 Å². The third kappa shape index (κ3) is 5.73. The zero-order valence-electron chi connectivity index (χ0n) is 13.1. The lowest BCUT2D eigenvalue weighted by Gasteiger charge is -2.14. The van der Waals surface area contributed by atoms with Gasteiger partial charge < -0.3 is 20.9 Å². The van der Waals surface area contributed by atoms with Gasteiger partial charge in [-0.3, -0.25) is 9.59 Å². The van der Waals surface area contributed by atoms with Gasteiger partial charge in [-0.25, -0.2) is 0 Å². The van der Waals surface area contributed by atoms with Crippen molar-refractivity contribution in [2.75, 3.05) is 19.4 Å². The van der Waals surface area contributed by atoms with E-state index >= 15 is 0 Å². The number of Topliss-reactive ketones (excluding diaryl/α,β-unsaturated/α-hetero) is 1. The first-order chi connectivity index (χ1) is 10.5. The molecule has 4 N–H and O–H groups in total. The lowest BCUT2D eigenvalue weighted by Crippen LogP contribution is -2.34. The molecule has 122 valence electrons. The largest absolute Gasteiger partial charge is 0.495 e. The van der Waals surface area contributed by atoms with Gasteiger partial charge in [-0.15, -0.1) is 0 Å². The number of unbranched alkanes of at least 4 members (excludes halogenated alkanes) is 2. The van der Waals surface area contributed by atoms with Crippen LogP contribution in [0.4, 0.5) is 5.69 Å². The zero-order chi connectivity index (χ0) is 16.5. The number of benzene rings is 1. The lowest BCUT2D eigenvalue weighted by atomic mass is 10.0. The summed E-state index contributed by atoms with van der Waals surface area (Å²) < 4.78 is 5.07. The van der Waals surface area contributed by atoms with E-state index < -0.39 is 5.97 Å². The molecule has 0 bridgehead atoms. The van der Waals surface area contributed by atoms with Crippen molar-refractivity contribution >= 4 is 17.4 Å². The molecule has 0 aliphatic rings. The minimum absolute atomic E-state index is 0.0279. The standard InChI is InChI=1S/C16H24N2O4/c1-11(18-9-5-3-4-6-15(19)20)16(21)12-7-8-14(22-2)13(17)10-12/h7-8,10-11,18H,3-6,9,17H2,1-2H3,(H,19,20). The van der Waals surface area contributed by atoms with Crippen LogP contribution in [0.5, 0.6) is 5.75 Å². The summed E-state index contributed by atoms with van der Waals surface area (Å²) in [5, 5.41) is 11.7. The Bertz CT molecular complexity index is 517. The second-order valence-corrected chi connectivity index (χ2v) is 5.20. The molecule has 0 aliphatic carbocycles. The smallest absolute Gasteiger partial charge is 0.303 e. The number of ketones is 1. The molecular formula is C16H24N2O4. The molecule has 1 unspecified atom stereocenters. The number of carbonyl (C=O) groups excluding carboxylic acids is 1. The van der Waals surface area contributed by atoms with Crippen LogP contribution in [0.25, 0.3) is 0 Å². The van der Waals surface area contributed by atoms with Crippen LogP contribution in [0.15, 0.2) is 18.2 Å². The van der Waals surface area contributed by atoms with Crippen LogP contribution >= 0.6 is 0 Å². The van der Waals surface area contributed by atoms with Gasteiger partial charge in [0.15, 0.2) is 5.78 Å². The van der Waals surface area contributed by atoms with Crippen molar-refractivity contribution < 1.29 is 19.4 Å². The van der Waals surface area contributed by atoms with Crippen molar-refractivity contribution in [2.24, 2.45) is 0 Å². The number of rotatable bonds is 10. The molecule has 0 saturated carbocycles. The molecule has 22 heavy (non-hydrogen) atoms. The Hall–Kier alpha value is -2.08. The fourth-order valence-corrected chi connectivity index (χ4v) is 2.13. The average Bonchev–Trinajstić information content (AvgIpc) is 2.49. The van der Waals surface area contributed by atoms with Gasteiger partial charge in [-0.05, 0) is 44.5 Å². The first-order valence-electron chi connectivity index (χ1n) is 7.38. The maximum Gasteiger partial charge on any atom is 0.303 e. The van der Waals surface area contributed by atoms with Gasteiger partial charge in [0.25, 0.3) is 0 Å². The summed E-state index contributed by atoms with van der Waals surface area (Å²) in [7, 11) is 1.53. The van der Waals surface area contributed by atoms with Gasteiger partial charge in [-0.2, -0.15) is 0 Å². The molecule has 0 aromatic heterocycles. The third-order valence-electron chi connectivity index (χ3n) is 3.43. The summed E-state index contributed by atoms with van der Waals surface area (Å²) in [6, 6.07) is 4.68. The number of carboxylic acids is 1. The van der Waals surface area contributed by atoms with Crippen molar-refractivity contribution in [1.82, 2.24) is 5.32 Å². The number of nitrogens with two attached hydrogens (primary N) is 1. The third-order valence-corrected chi connectivity index (χ3v) is 3.43. The molecule has 0 saturated heterocycles. The van der Waals surface area contributed by atoms with Crippen LogP contribution < -0.4 is 15.8 Å². The lowest BCUT2D eigenvalue weighted by molar-refractivity contribution is -0.137. The van der Waals surface area contributed by atoms with Crippen LogP contribution in [0.2, 0.25) is 0 Å². The molecule has 6 heteroatoms. The van der Waals surface area contributed by atoms with Crippen LogP contribution in [-0.2, 0) is 4.79 Å². The van der Waals surface area contributed by atoms with E-state index in [9.17, 15) is 9.59 Å². The highest BCUT2D eigenvalue weighted by Gasteiger charge is 2.15. The van der Waals surface area contributed by atoms with Crippen LogP contribution in [-0.4, -0.2) is 36.6 Å². The number of hydrogen-bond donors (Lipinski definition) is 3. The van der Waals surface area contributed by atoms with E-state index in [4.69, 9.17) is 15.6 Å². The zero-order valence-corrected chi connectivity index (χ0v) is 13.1. The van der Waals surface area contributed by atoms with E-state index in [1.807, 2.05) is 0 Å².